The largest absolute Gasteiger partial charge is 0.504 e. The molecule has 0 aliphatic carbocycles. The summed E-state index contributed by atoms with van der Waals surface area (Å²) in [5.74, 6) is -0.157. The van der Waals surface area contributed by atoms with Gasteiger partial charge in [-0.05, 0) is 25.2 Å². The van der Waals surface area contributed by atoms with Gasteiger partial charge in [-0.3, -0.25) is 4.79 Å². The number of nitrogens with zero attached hydrogens (tertiary/aromatic N) is 3. The number of pyridine rings is 1. The Bertz CT molecular complexity index is 590. The number of imidazole rings is 1. The second-order valence-electron chi connectivity index (χ2n) is 4.53. The fraction of sp³-hybridized carbons (Fsp3) is 0.429. The van der Waals surface area contributed by atoms with E-state index in [0.29, 0.717) is 17.9 Å². The van der Waals surface area contributed by atoms with Crippen LogP contribution in [0, 0.1) is 0 Å². The van der Waals surface area contributed by atoms with Gasteiger partial charge in [0.25, 0.3) is 5.91 Å². The van der Waals surface area contributed by atoms with Crippen molar-refractivity contribution in [2.75, 3.05) is 26.2 Å². The molecule has 0 saturated carbocycles. The smallest absolute Gasteiger partial charge is 0.271 e. The highest BCUT2D eigenvalue weighted by Gasteiger charge is 2.12. The summed E-state index contributed by atoms with van der Waals surface area (Å²) < 4.78 is 1.63. The number of hydrogen-bond acceptors (Lipinski definition) is 4. The minimum atomic E-state index is -0.222. The van der Waals surface area contributed by atoms with Gasteiger partial charge < -0.3 is 19.7 Å². The van der Waals surface area contributed by atoms with Crippen LogP contribution in [0.3, 0.4) is 0 Å². The summed E-state index contributed by atoms with van der Waals surface area (Å²) in [6.45, 7) is 7.52. The van der Waals surface area contributed by atoms with Crippen LogP contribution in [0.25, 0.3) is 5.65 Å². The summed E-state index contributed by atoms with van der Waals surface area (Å²) in [5, 5.41) is 12.5. The van der Waals surface area contributed by atoms with E-state index in [9.17, 15) is 9.90 Å². The van der Waals surface area contributed by atoms with Crippen LogP contribution < -0.4 is 5.32 Å². The average molecular weight is 276 g/mol. The van der Waals surface area contributed by atoms with Crippen molar-refractivity contribution >= 4 is 11.6 Å². The van der Waals surface area contributed by atoms with E-state index in [1.165, 1.54) is 0 Å². The molecule has 0 aliphatic heterocycles. The van der Waals surface area contributed by atoms with Gasteiger partial charge in [0, 0.05) is 25.5 Å². The molecule has 0 saturated heterocycles. The van der Waals surface area contributed by atoms with Crippen molar-refractivity contribution in [1.29, 1.82) is 0 Å². The lowest BCUT2D eigenvalue weighted by Gasteiger charge is -2.17. The van der Waals surface area contributed by atoms with Crippen LogP contribution in [0.15, 0.2) is 24.5 Å². The molecule has 6 heteroatoms. The number of amides is 1. The Morgan fingerprint density at radius 2 is 2.20 bits per heavy atom. The number of aromatic nitrogens is 2. The molecule has 2 heterocycles. The van der Waals surface area contributed by atoms with Gasteiger partial charge in [0.2, 0.25) is 0 Å². The number of rotatable bonds is 6. The predicted molar refractivity (Wildman–Crippen MR) is 77.0 cm³/mol. The summed E-state index contributed by atoms with van der Waals surface area (Å²) >= 11 is 0. The summed E-state index contributed by atoms with van der Waals surface area (Å²) in [6, 6.07) is 3.25. The minimum Gasteiger partial charge on any atom is -0.504 e. The Balaban J connectivity index is 1.99. The Kier molecular flexibility index (Phi) is 4.57. The van der Waals surface area contributed by atoms with Crippen LogP contribution in [0.5, 0.6) is 5.75 Å². The second kappa shape index (κ2) is 6.38. The first kappa shape index (κ1) is 14.3. The molecule has 0 fully saturated rings. The van der Waals surface area contributed by atoms with E-state index in [0.717, 1.165) is 19.6 Å². The van der Waals surface area contributed by atoms with Crippen molar-refractivity contribution < 1.29 is 9.90 Å². The van der Waals surface area contributed by atoms with E-state index < -0.39 is 0 Å². The van der Waals surface area contributed by atoms with E-state index in [1.54, 1.807) is 28.9 Å². The van der Waals surface area contributed by atoms with Gasteiger partial charge in [-0.2, -0.15) is 0 Å². The fourth-order valence-electron chi connectivity index (χ4n) is 2.07. The van der Waals surface area contributed by atoms with Crippen LogP contribution in [0.2, 0.25) is 0 Å². The third-order valence-electron chi connectivity index (χ3n) is 3.30. The van der Waals surface area contributed by atoms with Crippen LogP contribution in [-0.4, -0.2) is 51.5 Å². The topological polar surface area (TPSA) is 69.9 Å². The number of carbonyl (C=O) groups is 1. The minimum absolute atomic E-state index is 0.0645. The normalized spacial score (nSPS) is 11.2. The van der Waals surface area contributed by atoms with Crippen molar-refractivity contribution in [3.05, 3.63) is 30.2 Å². The summed E-state index contributed by atoms with van der Waals surface area (Å²) in [4.78, 5) is 18.4. The molecule has 2 aromatic heterocycles. The first-order chi connectivity index (χ1) is 9.65. The third kappa shape index (κ3) is 3.08. The standard InChI is InChI=1S/C14H20N4O2/c1-3-17(4-2)9-7-15-14(20)11-10-18-8-5-6-12(19)13(18)16-11/h5-6,8,10,19H,3-4,7,9H2,1-2H3,(H,15,20). The van der Waals surface area contributed by atoms with Crippen molar-refractivity contribution in [2.24, 2.45) is 0 Å². The molecule has 0 unspecified atom stereocenters. The number of aromatic hydroxyl groups is 1. The maximum Gasteiger partial charge on any atom is 0.271 e. The van der Waals surface area contributed by atoms with Gasteiger partial charge in [-0.15, -0.1) is 0 Å². The number of carbonyl (C=O) groups excluding carboxylic acids is 1. The van der Waals surface area contributed by atoms with Crippen LogP contribution in [0.1, 0.15) is 24.3 Å². The molecule has 0 aromatic carbocycles. The molecule has 2 aromatic rings. The Morgan fingerprint density at radius 1 is 1.45 bits per heavy atom. The number of nitrogens with one attached hydrogen (secondary N) is 1. The monoisotopic (exact) mass is 276 g/mol. The molecule has 6 nitrogen and oxygen atoms in total. The highest BCUT2D eigenvalue weighted by atomic mass is 16.3. The molecular weight excluding hydrogens is 256 g/mol. The Morgan fingerprint density at radius 3 is 2.85 bits per heavy atom. The molecule has 1 amide bonds. The van der Waals surface area contributed by atoms with E-state index in [2.05, 4.69) is 29.0 Å². The lowest BCUT2D eigenvalue weighted by molar-refractivity contribution is 0.0944. The van der Waals surface area contributed by atoms with Gasteiger partial charge in [0.1, 0.15) is 5.69 Å². The molecule has 20 heavy (non-hydrogen) atoms. The van der Waals surface area contributed by atoms with Crippen LogP contribution in [-0.2, 0) is 0 Å². The van der Waals surface area contributed by atoms with Crippen molar-refractivity contribution in [3.8, 4) is 5.75 Å². The zero-order chi connectivity index (χ0) is 14.5. The molecule has 0 aliphatic rings. The van der Waals surface area contributed by atoms with E-state index >= 15 is 0 Å². The Hall–Kier alpha value is -2.08. The zero-order valence-electron chi connectivity index (χ0n) is 11.8. The van der Waals surface area contributed by atoms with Gasteiger partial charge in [-0.25, -0.2) is 4.98 Å². The zero-order valence-corrected chi connectivity index (χ0v) is 11.8. The molecule has 2 N–H and O–H groups in total. The van der Waals surface area contributed by atoms with Crippen molar-refractivity contribution in [1.82, 2.24) is 19.6 Å². The van der Waals surface area contributed by atoms with E-state index in [-0.39, 0.29) is 11.7 Å². The van der Waals surface area contributed by atoms with Gasteiger partial charge >= 0.3 is 0 Å². The maximum absolute atomic E-state index is 12.0. The molecule has 0 spiro atoms. The molecule has 108 valence electrons. The van der Waals surface area contributed by atoms with Crippen LogP contribution >= 0.6 is 0 Å². The first-order valence-electron chi connectivity index (χ1n) is 6.83. The highest BCUT2D eigenvalue weighted by molar-refractivity contribution is 5.93. The summed E-state index contributed by atoms with van der Waals surface area (Å²) in [6.07, 6.45) is 3.36. The molecule has 0 atom stereocenters. The summed E-state index contributed by atoms with van der Waals surface area (Å²) in [5.41, 5.74) is 0.701. The second-order valence-corrected chi connectivity index (χ2v) is 4.53. The predicted octanol–water partition coefficient (Wildman–Crippen LogP) is 1.11. The van der Waals surface area contributed by atoms with Crippen LogP contribution in [0.4, 0.5) is 0 Å². The average Bonchev–Trinajstić information content (AvgIpc) is 2.89. The van der Waals surface area contributed by atoms with E-state index in [1.807, 2.05) is 0 Å². The molecule has 2 rings (SSSR count). The summed E-state index contributed by atoms with van der Waals surface area (Å²) in [7, 11) is 0. The van der Waals surface area contributed by atoms with Gasteiger partial charge in [0.15, 0.2) is 11.4 Å². The van der Waals surface area contributed by atoms with Gasteiger partial charge in [0.05, 0.1) is 0 Å². The number of fused-ring (bicyclic) bond motifs is 1. The number of hydrogen-bond donors (Lipinski definition) is 2. The van der Waals surface area contributed by atoms with E-state index in [4.69, 9.17) is 0 Å². The molecular formula is C14H20N4O2. The fourth-order valence-corrected chi connectivity index (χ4v) is 2.07. The molecule has 0 bridgehead atoms. The number of likely N-dealkylation sites (N-methyl/N-ethyl adjacent to an activating group) is 1. The SMILES string of the molecule is CCN(CC)CCNC(=O)c1cn2cccc(O)c2n1. The lowest BCUT2D eigenvalue weighted by atomic mass is 10.4. The maximum atomic E-state index is 12.0. The highest BCUT2D eigenvalue weighted by Crippen LogP contribution is 2.16. The van der Waals surface area contributed by atoms with Gasteiger partial charge in [-0.1, -0.05) is 13.8 Å². The van der Waals surface area contributed by atoms with Crippen molar-refractivity contribution in [3.63, 3.8) is 0 Å². The molecule has 0 radical (unpaired) electrons. The third-order valence-corrected chi connectivity index (χ3v) is 3.30. The Labute approximate surface area is 118 Å². The first-order valence-corrected chi connectivity index (χ1v) is 6.83. The quantitative estimate of drug-likeness (QED) is 0.829. The van der Waals surface area contributed by atoms with Crippen molar-refractivity contribution in [2.45, 2.75) is 13.8 Å². The lowest BCUT2D eigenvalue weighted by Crippen LogP contribution is -2.34.